The van der Waals surface area contributed by atoms with Crippen LogP contribution in [0, 0.1) is 0 Å². The molecule has 0 aliphatic carbocycles. The Balaban J connectivity index is 3.70. The van der Waals surface area contributed by atoms with Gasteiger partial charge in [0, 0.05) is 12.3 Å². The summed E-state index contributed by atoms with van der Waals surface area (Å²) in [7, 11) is 0. The second kappa shape index (κ2) is 6.71. The number of hydrogen-bond donors (Lipinski definition) is 2. The molecule has 0 aromatic rings. The molecule has 0 amide bonds. The van der Waals surface area contributed by atoms with Crippen molar-refractivity contribution in [1.82, 2.24) is 0 Å². The Morgan fingerprint density at radius 1 is 1.58 bits per heavy atom. The van der Waals surface area contributed by atoms with Crippen molar-refractivity contribution in [1.29, 1.82) is 0 Å². The van der Waals surface area contributed by atoms with Crippen LogP contribution in [-0.2, 0) is 4.74 Å². The van der Waals surface area contributed by atoms with Crippen molar-refractivity contribution < 1.29 is 9.84 Å². The van der Waals surface area contributed by atoms with E-state index in [4.69, 9.17) is 15.6 Å². The van der Waals surface area contributed by atoms with E-state index in [1.165, 1.54) is 0 Å². The molecule has 1 unspecified atom stereocenters. The van der Waals surface area contributed by atoms with Crippen LogP contribution < -0.4 is 5.73 Å². The molecule has 0 aromatic heterocycles. The third-order valence-electron chi connectivity index (χ3n) is 1.59. The maximum Gasteiger partial charge on any atom is 0.0867 e. The van der Waals surface area contributed by atoms with E-state index < -0.39 is 0 Å². The van der Waals surface area contributed by atoms with E-state index in [-0.39, 0.29) is 12.2 Å². The summed E-state index contributed by atoms with van der Waals surface area (Å²) >= 11 is 1.80. The lowest BCUT2D eigenvalue weighted by molar-refractivity contribution is -0.0230. The van der Waals surface area contributed by atoms with E-state index in [0.29, 0.717) is 13.2 Å². The molecule has 3 N–H and O–H groups in total. The first-order valence-electron chi connectivity index (χ1n) is 4.21. The van der Waals surface area contributed by atoms with Crippen LogP contribution in [0.2, 0.25) is 0 Å². The second-order valence-corrected chi connectivity index (χ2v) is 4.14. The fourth-order valence-electron chi connectivity index (χ4n) is 0.770. The van der Waals surface area contributed by atoms with Gasteiger partial charge >= 0.3 is 0 Å². The average Bonchev–Trinajstić information content (AvgIpc) is 2.11. The number of aliphatic hydroxyl groups excluding tert-OH is 1. The molecule has 0 rings (SSSR count). The zero-order chi connectivity index (χ0) is 9.45. The normalized spacial score (nSPS) is 16.0. The molecule has 1 atom stereocenters. The van der Waals surface area contributed by atoms with Crippen LogP contribution in [0.1, 0.15) is 13.8 Å². The van der Waals surface area contributed by atoms with Crippen LogP contribution >= 0.6 is 11.8 Å². The highest BCUT2D eigenvalue weighted by Gasteiger charge is 2.22. The Morgan fingerprint density at radius 3 is 2.67 bits per heavy atom. The van der Waals surface area contributed by atoms with Crippen molar-refractivity contribution >= 4 is 11.8 Å². The first-order chi connectivity index (χ1) is 5.68. The lowest BCUT2D eigenvalue weighted by Crippen LogP contribution is -2.41. The van der Waals surface area contributed by atoms with E-state index in [9.17, 15) is 0 Å². The summed E-state index contributed by atoms with van der Waals surface area (Å²) in [5.74, 6) is 1.96. The first-order valence-corrected chi connectivity index (χ1v) is 5.36. The Hall–Kier alpha value is 0.230. The van der Waals surface area contributed by atoms with E-state index in [1.807, 2.05) is 6.92 Å². The minimum atomic E-state index is -0.274. The molecule has 0 fully saturated rings. The number of hydrogen-bond acceptors (Lipinski definition) is 4. The van der Waals surface area contributed by atoms with Gasteiger partial charge in [-0.15, -0.1) is 0 Å². The molecule has 12 heavy (non-hydrogen) atoms. The minimum Gasteiger partial charge on any atom is -0.394 e. The van der Waals surface area contributed by atoms with Gasteiger partial charge in [-0.2, -0.15) is 11.8 Å². The van der Waals surface area contributed by atoms with Crippen LogP contribution in [0.3, 0.4) is 0 Å². The topological polar surface area (TPSA) is 55.5 Å². The third-order valence-corrected chi connectivity index (χ3v) is 2.81. The van der Waals surface area contributed by atoms with Crippen LogP contribution in [0.4, 0.5) is 0 Å². The Morgan fingerprint density at radius 2 is 2.25 bits per heavy atom. The molecule has 3 nitrogen and oxygen atoms in total. The molecule has 0 saturated heterocycles. The van der Waals surface area contributed by atoms with Crippen molar-refractivity contribution in [3.8, 4) is 0 Å². The van der Waals surface area contributed by atoms with Crippen molar-refractivity contribution in [2.75, 3.05) is 31.3 Å². The zero-order valence-corrected chi connectivity index (χ0v) is 8.69. The molecule has 0 aromatic carbocycles. The fraction of sp³-hybridized carbons (Fsp3) is 1.00. The van der Waals surface area contributed by atoms with Gasteiger partial charge in [0.1, 0.15) is 0 Å². The number of aliphatic hydroxyl groups is 1. The van der Waals surface area contributed by atoms with Gasteiger partial charge in [0.2, 0.25) is 0 Å². The highest BCUT2D eigenvalue weighted by atomic mass is 32.2. The van der Waals surface area contributed by atoms with E-state index in [2.05, 4.69) is 6.92 Å². The maximum atomic E-state index is 8.58. The van der Waals surface area contributed by atoms with Crippen LogP contribution in [0.15, 0.2) is 0 Å². The molecule has 0 spiro atoms. The van der Waals surface area contributed by atoms with Gasteiger partial charge in [-0.25, -0.2) is 0 Å². The van der Waals surface area contributed by atoms with Gasteiger partial charge in [-0.1, -0.05) is 6.92 Å². The molecule has 0 aliphatic heterocycles. The molecule has 74 valence electrons. The molecule has 0 aliphatic rings. The zero-order valence-electron chi connectivity index (χ0n) is 7.88. The molecule has 0 heterocycles. The summed E-state index contributed by atoms with van der Waals surface area (Å²) < 4.78 is 5.43. The highest BCUT2D eigenvalue weighted by molar-refractivity contribution is 7.99. The largest absolute Gasteiger partial charge is 0.394 e. The van der Waals surface area contributed by atoms with Crippen LogP contribution in [0.5, 0.6) is 0 Å². The quantitative estimate of drug-likeness (QED) is 0.617. The monoisotopic (exact) mass is 193 g/mol. The van der Waals surface area contributed by atoms with Crippen molar-refractivity contribution in [2.45, 2.75) is 19.4 Å². The Kier molecular flexibility index (Phi) is 6.84. The van der Waals surface area contributed by atoms with Crippen LogP contribution in [0.25, 0.3) is 0 Å². The summed E-state index contributed by atoms with van der Waals surface area (Å²) in [5.41, 5.74) is 5.29. The molecule has 0 saturated carbocycles. The van der Waals surface area contributed by atoms with Crippen molar-refractivity contribution in [3.05, 3.63) is 0 Å². The summed E-state index contributed by atoms with van der Waals surface area (Å²) in [6.07, 6.45) is 0. The van der Waals surface area contributed by atoms with Gasteiger partial charge < -0.3 is 15.6 Å². The number of ether oxygens (including phenoxy) is 1. The SMILES string of the molecule is CCSCC(C)(CN)OCCO. The molecule has 0 bridgehead atoms. The fourth-order valence-corrected chi connectivity index (χ4v) is 1.61. The predicted molar refractivity (Wildman–Crippen MR) is 53.5 cm³/mol. The van der Waals surface area contributed by atoms with Crippen molar-refractivity contribution in [2.24, 2.45) is 5.73 Å². The predicted octanol–water partition coefficient (Wildman–Crippen LogP) is 0.466. The second-order valence-electron chi connectivity index (χ2n) is 2.86. The highest BCUT2D eigenvalue weighted by Crippen LogP contribution is 2.15. The Bertz CT molecular complexity index is 103. The third kappa shape index (κ3) is 4.98. The lowest BCUT2D eigenvalue weighted by Gasteiger charge is -2.27. The van der Waals surface area contributed by atoms with Crippen molar-refractivity contribution in [3.63, 3.8) is 0 Å². The van der Waals surface area contributed by atoms with E-state index in [1.54, 1.807) is 11.8 Å². The van der Waals surface area contributed by atoms with Gasteiger partial charge in [0.15, 0.2) is 0 Å². The lowest BCUT2D eigenvalue weighted by atomic mass is 10.1. The molecular weight excluding hydrogens is 174 g/mol. The van der Waals surface area contributed by atoms with Crippen LogP contribution in [-0.4, -0.2) is 42.0 Å². The molecule has 4 heteroatoms. The number of thioether (sulfide) groups is 1. The number of nitrogens with two attached hydrogens (primary N) is 1. The average molecular weight is 193 g/mol. The molecule has 0 radical (unpaired) electrons. The molecular formula is C8H19NO2S. The summed E-state index contributed by atoms with van der Waals surface area (Å²) in [6, 6.07) is 0. The minimum absolute atomic E-state index is 0.0619. The number of rotatable bonds is 7. The Labute approximate surface area is 78.7 Å². The standard InChI is InChI=1S/C8H19NO2S/c1-3-12-7-8(2,6-9)11-5-4-10/h10H,3-7,9H2,1-2H3. The van der Waals surface area contributed by atoms with Gasteiger partial charge in [-0.3, -0.25) is 0 Å². The first kappa shape index (κ1) is 12.2. The maximum absolute atomic E-state index is 8.58. The van der Waals surface area contributed by atoms with Gasteiger partial charge in [0.25, 0.3) is 0 Å². The van der Waals surface area contributed by atoms with Gasteiger partial charge in [0.05, 0.1) is 18.8 Å². The summed E-state index contributed by atoms with van der Waals surface area (Å²) in [4.78, 5) is 0. The van der Waals surface area contributed by atoms with E-state index in [0.717, 1.165) is 11.5 Å². The smallest absolute Gasteiger partial charge is 0.0867 e. The summed E-state index contributed by atoms with van der Waals surface area (Å²) in [6.45, 7) is 5.02. The van der Waals surface area contributed by atoms with Gasteiger partial charge in [-0.05, 0) is 12.7 Å². The van der Waals surface area contributed by atoms with E-state index >= 15 is 0 Å². The summed E-state index contributed by atoms with van der Waals surface area (Å²) in [5, 5.41) is 8.58.